The molecule has 2 heterocycles. The lowest BCUT2D eigenvalue weighted by Gasteiger charge is -2.39. The molecular formula is C16H13F3N2O2. The molecule has 1 fully saturated rings. The lowest BCUT2D eigenvalue weighted by Crippen LogP contribution is -2.56. The first kappa shape index (κ1) is 15.3. The predicted octanol–water partition coefficient (Wildman–Crippen LogP) is 3.00. The molecule has 0 saturated carbocycles. The maximum atomic E-state index is 12.9. The highest BCUT2D eigenvalue weighted by molar-refractivity contribution is 5.94. The Bertz CT molecular complexity index is 698. The van der Waals surface area contributed by atoms with Crippen LogP contribution in [0.15, 0.2) is 48.7 Å². The van der Waals surface area contributed by atoms with Gasteiger partial charge in [-0.3, -0.25) is 4.79 Å². The van der Waals surface area contributed by atoms with Crippen molar-refractivity contribution in [2.75, 3.05) is 13.1 Å². The number of rotatable bonds is 3. The predicted molar refractivity (Wildman–Crippen MR) is 76.0 cm³/mol. The van der Waals surface area contributed by atoms with Gasteiger partial charge in [0, 0.05) is 11.8 Å². The fourth-order valence-electron chi connectivity index (χ4n) is 2.30. The second-order valence-electron chi connectivity index (χ2n) is 5.17. The highest BCUT2D eigenvalue weighted by Gasteiger charge is 2.38. The van der Waals surface area contributed by atoms with Crippen molar-refractivity contribution in [3.05, 3.63) is 59.8 Å². The van der Waals surface area contributed by atoms with E-state index in [-0.39, 0.29) is 19.0 Å². The first-order valence-corrected chi connectivity index (χ1v) is 6.98. The third-order valence-corrected chi connectivity index (χ3v) is 3.51. The molecule has 1 aromatic heterocycles. The number of carbonyl (C=O) groups is 1. The quantitative estimate of drug-likeness (QED) is 0.872. The number of nitrogens with zero attached hydrogens (tertiary/aromatic N) is 2. The zero-order valence-corrected chi connectivity index (χ0v) is 12.0. The Labute approximate surface area is 130 Å². The molecule has 0 unspecified atom stereocenters. The van der Waals surface area contributed by atoms with Crippen molar-refractivity contribution >= 4 is 5.91 Å². The molecule has 1 aliphatic rings. The van der Waals surface area contributed by atoms with Crippen LogP contribution in [-0.2, 0) is 6.18 Å². The molecular weight excluding hydrogens is 309 g/mol. The van der Waals surface area contributed by atoms with Crippen LogP contribution in [0.25, 0.3) is 0 Å². The van der Waals surface area contributed by atoms with E-state index in [2.05, 4.69) is 4.98 Å². The lowest BCUT2D eigenvalue weighted by molar-refractivity contribution is -0.140. The Hall–Kier alpha value is -2.57. The van der Waals surface area contributed by atoms with E-state index >= 15 is 0 Å². The van der Waals surface area contributed by atoms with Crippen LogP contribution in [0.1, 0.15) is 15.9 Å². The van der Waals surface area contributed by atoms with Gasteiger partial charge < -0.3 is 9.64 Å². The number of hydrogen-bond acceptors (Lipinski definition) is 3. The summed E-state index contributed by atoms with van der Waals surface area (Å²) in [6.45, 7) is 0.475. The number of aromatic nitrogens is 1. The van der Waals surface area contributed by atoms with E-state index < -0.39 is 23.7 Å². The van der Waals surface area contributed by atoms with Crippen molar-refractivity contribution in [3.8, 4) is 5.88 Å². The van der Waals surface area contributed by atoms with Crippen LogP contribution in [0.4, 0.5) is 13.2 Å². The zero-order chi connectivity index (χ0) is 16.4. The van der Waals surface area contributed by atoms with E-state index in [1.54, 1.807) is 30.3 Å². The van der Waals surface area contributed by atoms with Crippen molar-refractivity contribution in [2.45, 2.75) is 12.3 Å². The highest BCUT2D eigenvalue weighted by Crippen LogP contribution is 2.35. The standard InChI is InChI=1S/C16H13F3N2O2/c17-16(18,19)13-7-4-8-20-14(13)23-12-9-21(10-12)15(22)11-5-2-1-3-6-11/h1-8,12H,9-10H2. The molecule has 0 atom stereocenters. The molecule has 0 spiro atoms. The molecule has 7 heteroatoms. The van der Waals surface area contributed by atoms with Gasteiger partial charge in [0.15, 0.2) is 0 Å². The largest absolute Gasteiger partial charge is 0.470 e. The summed E-state index contributed by atoms with van der Waals surface area (Å²) in [4.78, 5) is 17.3. The number of benzene rings is 1. The highest BCUT2D eigenvalue weighted by atomic mass is 19.4. The molecule has 1 amide bonds. The number of hydrogen-bond donors (Lipinski definition) is 0. The van der Waals surface area contributed by atoms with Gasteiger partial charge in [0.2, 0.25) is 5.88 Å². The van der Waals surface area contributed by atoms with Crippen LogP contribution in [0.5, 0.6) is 5.88 Å². The molecule has 23 heavy (non-hydrogen) atoms. The van der Waals surface area contributed by atoms with Crippen molar-refractivity contribution in [2.24, 2.45) is 0 Å². The van der Waals surface area contributed by atoms with Gasteiger partial charge in [0.05, 0.1) is 13.1 Å². The number of halogens is 3. The van der Waals surface area contributed by atoms with E-state index in [1.807, 2.05) is 0 Å². The minimum absolute atomic E-state index is 0.164. The van der Waals surface area contributed by atoms with Gasteiger partial charge in [0.1, 0.15) is 11.7 Å². The molecule has 120 valence electrons. The third kappa shape index (κ3) is 3.28. The van der Waals surface area contributed by atoms with Crippen molar-refractivity contribution in [1.82, 2.24) is 9.88 Å². The SMILES string of the molecule is O=C(c1ccccc1)N1CC(Oc2ncccc2C(F)(F)F)C1. The van der Waals surface area contributed by atoms with Gasteiger partial charge in [-0.1, -0.05) is 18.2 Å². The number of alkyl halides is 3. The van der Waals surface area contributed by atoms with Crippen molar-refractivity contribution in [3.63, 3.8) is 0 Å². The normalized spacial score (nSPS) is 15.2. The first-order valence-electron chi connectivity index (χ1n) is 6.98. The fraction of sp³-hybridized carbons (Fsp3) is 0.250. The van der Waals surface area contributed by atoms with E-state index in [1.165, 1.54) is 17.2 Å². The first-order chi connectivity index (χ1) is 10.9. The van der Waals surface area contributed by atoms with Gasteiger partial charge in [-0.25, -0.2) is 4.98 Å². The minimum atomic E-state index is -4.52. The number of pyridine rings is 1. The average Bonchev–Trinajstić information content (AvgIpc) is 2.50. The summed E-state index contributed by atoms with van der Waals surface area (Å²) in [5, 5.41) is 0. The summed E-state index contributed by atoms with van der Waals surface area (Å²) in [5.41, 5.74) is -0.368. The number of ether oxygens (including phenoxy) is 1. The molecule has 0 radical (unpaired) electrons. The van der Waals surface area contributed by atoms with Crippen molar-refractivity contribution in [1.29, 1.82) is 0 Å². The Kier molecular flexibility index (Phi) is 3.94. The van der Waals surface area contributed by atoms with Crippen LogP contribution in [0.3, 0.4) is 0 Å². The van der Waals surface area contributed by atoms with Crippen LogP contribution in [-0.4, -0.2) is 35.0 Å². The van der Waals surface area contributed by atoms with Crippen LogP contribution >= 0.6 is 0 Å². The maximum absolute atomic E-state index is 12.9. The number of carbonyl (C=O) groups excluding carboxylic acids is 1. The molecule has 0 bridgehead atoms. The van der Waals surface area contributed by atoms with Crippen molar-refractivity contribution < 1.29 is 22.7 Å². The molecule has 1 aliphatic heterocycles. The number of likely N-dealkylation sites (tertiary alicyclic amines) is 1. The molecule has 0 N–H and O–H groups in total. The monoisotopic (exact) mass is 322 g/mol. The van der Waals surface area contributed by atoms with Gasteiger partial charge in [-0.15, -0.1) is 0 Å². The lowest BCUT2D eigenvalue weighted by atomic mass is 10.1. The Morgan fingerprint density at radius 2 is 1.83 bits per heavy atom. The second-order valence-corrected chi connectivity index (χ2v) is 5.17. The van der Waals surface area contributed by atoms with Crippen LogP contribution in [0, 0.1) is 0 Å². The Balaban J connectivity index is 1.62. The summed E-state index contributed by atoms with van der Waals surface area (Å²) in [7, 11) is 0. The van der Waals surface area contributed by atoms with E-state index in [4.69, 9.17) is 4.74 Å². The summed E-state index contributed by atoms with van der Waals surface area (Å²) in [6, 6.07) is 10.8. The second kappa shape index (κ2) is 5.91. The van der Waals surface area contributed by atoms with Gasteiger partial charge >= 0.3 is 6.18 Å². The van der Waals surface area contributed by atoms with Crippen LogP contribution in [0.2, 0.25) is 0 Å². The topological polar surface area (TPSA) is 42.4 Å². The smallest absolute Gasteiger partial charge is 0.421 e. The Morgan fingerprint density at radius 1 is 1.13 bits per heavy atom. The summed E-state index contributed by atoms with van der Waals surface area (Å²) >= 11 is 0. The molecule has 3 rings (SSSR count). The van der Waals surface area contributed by atoms with Gasteiger partial charge in [0.25, 0.3) is 5.91 Å². The molecule has 1 saturated heterocycles. The van der Waals surface area contributed by atoms with E-state index in [9.17, 15) is 18.0 Å². The minimum Gasteiger partial charge on any atom is -0.470 e. The molecule has 4 nitrogen and oxygen atoms in total. The summed E-state index contributed by atoms with van der Waals surface area (Å²) in [5.74, 6) is -0.612. The fourth-order valence-corrected chi connectivity index (χ4v) is 2.30. The zero-order valence-electron chi connectivity index (χ0n) is 12.0. The average molecular weight is 322 g/mol. The number of amides is 1. The Morgan fingerprint density at radius 3 is 2.48 bits per heavy atom. The van der Waals surface area contributed by atoms with E-state index in [0.29, 0.717) is 5.56 Å². The van der Waals surface area contributed by atoms with E-state index in [0.717, 1.165) is 6.07 Å². The van der Waals surface area contributed by atoms with Gasteiger partial charge in [-0.05, 0) is 24.3 Å². The maximum Gasteiger partial charge on any atom is 0.421 e. The summed E-state index contributed by atoms with van der Waals surface area (Å²) < 4.78 is 43.9. The van der Waals surface area contributed by atoms with Gasteiger partial charge in [-0.2, -0.15) is 13.2 Å². The third-order valence-electron chi connectivity index (χ3n) is 3.51. The molecule has 0 aliphatic carbocycles. The van der Waals surface area contributed by atoms with Crippen LogP contribution < -0.4 is 4.74 Å². The summed E-state index contributed by atoms with van der Waals surface area (Å²) in [6.07, 6.45) is -3.76. The molecule has 1 aromatic carbocycles. The molecule has 2 aromatic rings.